The van der Waals surface area contributed by atoms with E-state index in [9.17, 15) is 9.60 Å². The number of rotatable bonds is 6. The maximum Gasteiger partial charge on any atom is 0.201 e. The fourth-order valence-corrected chi connectivity index (χ4v) is 4.93. The predicted octanol–water partition coefficient (Wildman–Crippen LogP) is 5.41. The van der Waals surface area contributed by atoms with Gasteiger partial charge in [0.05, 0.1) is 17.3 Å². The van der Waals surface area contributed by atoms with Gasteiger partial charge in [-0.1, -0.05) is 48.0 Å². The molecule has 7 nitrogen and oxygen atoms in total. The van der Waals surface area contributed by atoms with Crippen LogP contribution < -0.4 is 4.73 Å². The summed E-state index contributed by atoms with van der Waals surface area (Å²) in [4.78, 5) is 4.75. The Morgan fingerprint density at radius 3 is 2.68 bits per heavy atom. The number of hydrogen-bond donors (Lipinski definition) is 0. The first kappa shape index (κ1) is 23.0. The highest BCUT2D eigenvalue weighted by Crippen LogP contribution is 2.35. The summed E-state index contributed by atoms with van der Waals surface area (Å²) < 4.78 is 16.3. The van der Waals surface area contributed by atoms with Gasteiger partial charge in [-0.25, -0.2) is 4.39 Å². The molecule has 6 rings (SSSR count). The molecule has 0 spiro atoms. The molecule has 0 bridgehead atoms. The molecule has 1 aliphatic rings. The van der Waals surface area contributed by atoms with Crippen LogP contribution >= 0.6 is 11.6 Å². The molecule has 1 aliphatic heterocycles. The van der Waals surface area contributed by atoms with Crippen LogP contribution in [0.3, 0.4) is 0 Å². The van der Waals surface area contributed by atoms with Gasteiger partial charge in [-0.15, -0.1) is 5.10 Å². The molecule has 0 saturated heterocycles. The van der Waals surface area contributed by atoms with Crippen molar-refractivity contribution in [3.63, 3.8) is 0 Å². The summed E-state index contributed by atoms with van der Waals surface area (Å²) in [5.74, 6) is -0.616. The number of tetrazole rings is 1. The maximum atomic E-state index is 13.8. The fraction of sp³-hybridized carbons (Fsp3) is 0.107. The first-order chi connectivity index (χ1) is 18.0. The smallest absolute Gasteiger partial charge is 0.201 e. The maximum absolute atomic E-state index is 13.8. The summed E-state index contributed by atoms with van der Waals surface area (Å²) in [5.41, 5.74) is 6.13. The normalized spacial score (nSPS) is 13.3. The van der Waals surface area contributed by atoms with Crippen LogP contribution in [0.2, 0.25) is 5.02 Å². The molecule has 1 atom stereocenters. The average molecular weight is 511 g/mol. The van der Waals surface area contributed by atoms with Crippen molar-refractivity contribution >= 4 is 23.0 Å². The Morgan fingerprint density at radius 2 is 1.89 bits per heavy atom. The van der Waals surface area contributed by atoms with E-state index in [0.717, 1.165) is 27.1 Å². The van der Waals surface area contributed by atoms with Crippen LogP contribution in [0.25, 0.3) is 16.8 Å². The second-order valence-corrected chi connectivity index (χ2v) is 9.32. The van der Waals surface area contributed by atoms with Gasteiger partial charge in [-0.05, 0) is 64.4 Å². The zero-order valence-electron chi connectivity index (χ0n) is 19.5. The molecule has 2 aromatic heterocycles. The van der Waals surface area contributed by atoms with Gasteiger partial charge in [-0.2, -0.15) is 9.41 Å². The molecule has 37 heavy (non-hydrogen) atoms. The lowest BCUT2D eigenvalue weighted by Gasteiger charge is -2.18. The molecule has 0 amide bonds. The first-order valence-electron chi connectivity index (χ1n) is 11.7. The molecule has 3 aromatic carbocycles. The second kappa shape index (κ2) is 9.55. The Morgan fingerprint density at radius 1 is 1.03 bits per heavy atom. The van der Waals surface area contributed by atoms with Crippen LogP contribution in [0.1, 0.15) is 22.7 Å². The third-order valence-electron chi connectivity index (χ3n) is 6.53. The molecular weight excluding hydrogens is 491 g/mol. The van der Waals surface area contributed by atoms with Gasteiger partial charge in [0.15, 0.2) is 6.20 Å². The third kappa shape index (κ3) is 4.59. The number of aliphatic imine (C=N–C) groups is 1. The number of hydrogen-bond acceptors (Lipinski definition) is 5. The SMILES string of the molecule is [O-][n+]1cc(-c2cc(Cl)ccc2-n2cnnn2)ccc1[C@H](Cc1ccccc1)C1=Nc2cc(F)ccc2C1. The van der Waals surface area contributed by atoms with Crippen molar-refractivity contribution in [1.82, 2.24) is 20.2 Å². The molecule has 0 unspecified atom stereocenters. The zero-order chi connectivity index (χ0) is 25.4. The highest BCUT2D eigenvalue weighted by molar-refractivity contribution is 6.31. The highest BCUT2D eigenvalue weighted by Gasteiger charge is 2.30. The van der Waals surface area contributed by atoms with Gasteiger partial charge in [0, 0.05) is 34.3 Å². The lowest BCUT2D eigenvalue weighted by Crippen LogP contribution is -2.36. The van der Waals surface area contributed by atoms with Crippen molar-refractivity contribution in [1.29, 1.82) is 0 Å². The summed E-state index contributed by atoms with van der Waals surface area (Å²) in [6.07, 6.45) is 4.17. The van der Waals surface area contributed by atoms with E-state index >= 15 is 0 Å². The fourth-order valence-electron chi connectivity index (χ4n) is 4.76. The van der Waals surface area contributed by atoms with Gasteiger partial charge in [-0.3, -0.25) is 4.99 Å². The monoisotopic (exact) mass is 510 g/mol. The lowest BCUT2D eigenvalue weighted by molar-refractivity contribution is -0.614. The van der Waals surface area contributed by atoms with E-state index in [4.69, 9.17) is 16.6 Å². The Kier molecular flexibility index (Phi) is 5.94. The molecule has 0 N–H and O–H groups in total. The van der Waals surface area contributed by atoms with Crippen LogP contribution in [0, 0.1) is 11.0 Å². The van der Waals surface area contributed by atoms with E-state index < -0.39 is 0 Å². The van der Waals surface area contributed by atoms with Crippen molar-refractivity contribution in [2.45, 2.75) is 18.8 Å². The van der Waals surface area contributed by atoms with Crippen molar-refractivity contribution in [3.05, 3.63) is 124 Å². The van der Waals surface area contributed by atoms with Crippen LogP contribution in [0.5, 0.6) is 0 Å². The summed E-state index contributed by atoms with van der Waals surface area (Å²) in [6.45, 7) is 0. The van der Waals surface area contributed by atoms with Crippen molar-refractivity contribution in [3.8, 4) is 16.8 Å². The van der Waals surface area contributed by atoms with Crippen molar-refractivity contribution in [2.75, 3.05) is 0 Å². The molecule has 3 heterocycles. The minimum Gasteiger partial charge on any atom is -0.618 e. The van der Waals surface area contributed by atoms with E-state index in [2.05, 4.69) is 15.5 Å². The van der Waals surface area contributed by atoms with Crippen molar-refractivity contribution < 1.29 is 9.12 Å². The molecule has 0 fully saturated rings. The van der Waals surface area contributed by atoms with Gasteiger partial charge < -0.3 is 5.21 Å². The number of nitrogens with zero attached hydrogens (tertiary/aromatic N) is 6. The highest BCUT2D eigenvalue weighted by atomic mass is 35.5. The van der Waals surface area contributed by atoms with Gasteiger partial charge in [0.1, 0.15) is 12.1 Å². The number of halogens is 2. The molecular formula is C28H20ClFN6O. The second-order valence-electron chi connectivity index (χ2n) is 8.88. The van der Waals surface area contributed by atoms with E-state index in [0.29, 0.717) is 40.5 Å². The quantitative estimate of drug-likeness (QED) is 0.226. The molecule has 0 saturated carbocycles. The van der Waals surface area contributed by atoms with Gasteiger partial charge in [0.25, 0.3) is 0 Å². The number of pyridine rings is 1. The van der Waals surface area contributed by atoms with E-state index in [1.165, 1.54) is 29.3 Å². The Labute approximate surface area is 217 Å². The molecule has 9 heteroatoms. The lowest BCUT2D eigenvalue weighted by atomic mass is 9.88. The molecule has 0 aliphatic carbocycles. The number of aromatic nitrogens is 5. The Bertz CT molecular complexity index is 1620. The standard InChI is InChI=1S/C28H20ClFN6O/c29-21-8-11-27(35-17-31-33-34-35)23(14-21)20-7-10-28(36(37)16-20)24(12-18-4-2-1-3-5-18)26-13-19-6-9-22(30)15-25(19)32-26/h1-11,14-17,24H,12-13H2/t24-/m1/s1. The topological polar surface area (TPSA) is 82.9 Å². The number of fused-ring (bicyclic) bond motifs is 1. The van der Waals surface area contributed by atoms with Crippen LogP contribution in [0.15, 0.2) is 96.4 Å². The predicted molar refractivity (Wildman–Crippen MR) is 139 cm³/mol. The minimum atomic E-state index is -0.327. The summed E-state index contributed by atoms with van der Waals surface area (Å²) in [5, 5.41) is 25.5. The zero-order valence-corrected chi connectivity index (χ0v) is 20.3. The van der Waals surface area contributed by atoms with Gasteiger partial charge >= 0.3 is 0 Å². The first-order valence-corrected chi connectivity index (χ1v) is 12.1. The summed E-state index contributed by atoms with van der Waals surface area (Å²) in [7, 11) is 0. The largest absolute Gasteiger partial charge is 0.618 e. The van der Waals surface area contributed by atoms with E-state index in [1.807, 2.05) is 42.5 Å². The Balaban J connectivity index is 1.42. The molecule has 0 radical (unpaired) electrons. The minimum absolute atomic E-state index is 0.289. The van der Waals surface area contributed by atoms with Crippen LogP contribution in [0.4, 0.5) is 10.1 Å². The molecule has 182 valence electrons. The molecule has 5 aromatic rings. The summed E-state index contributed by atoms with van der Waals surface area (Å²) in [6, 6.07) is 23.7. The van der Waals surface area contributed by atoms with Gasteiger partial charge in [0.2, 0.25) is 5.69 Å². The third-order valence-corrected chi connectivity index (χ3v) is 6.77. The summed E-state index contributed by atoms with van der Waals surface area (Å²) >= 11 is 6.29. The van der Waals surface area contributed by atoms with Crippen molar-refractivity contribution in [2.24, 2.45) is 4.99 Å². The van der Waals surface area contributed by atoms with E-state index in [1.54, 1.807) is 24.3 Å². The number of benzene rings is 3. The van der Waals surface area contributed by atoms with E-state index in [-0.39, 0.29) is 11.7 Å². The average Bonchev–Trinajstić information content (AvgIpc) is 3.58. The Hall–Kier alpha value is -4.43. The van der Waals surface area contributed by atoms with Crippen LogP contribution in [-0.4, -0.2) is 25.9 Å². The van der Waals surface area contributed by atoms with Crippen LogP contribution in [-0.2, 0) is 12.8 Å².